The van der Waals surface area contributed by atoms with Crippen LogP contribution in [0.15, 0.2) is 30.5 Å². The predicted molar refractivity (Wildman–Crippen MR) is 87.4 cm³/mol. The summed E-state index contributed by atoms with van der Waals surface area (Å²) < 4.78 is 1.09. The molecule has 0 radical (unpaired) electrons. The lowest BCUT2D eigenvalue weighted by Gasteiger charge is -2.03. The third kappa shape index (κ3) is 3.40. The number of amides is 1. The molecule has 0 aliphatic heterocycles. The van der Waals surface area contributed by atoms with E-state index in [2.05, 4.69) is 20.3 Å². The summed E-state index contributed by atoms with van der Waals surface area (Å²) in [6.07, 6.45) is 2.25. The van der Waals surface area contributed by atoms with Gasteiger partial charge in [0.05, 0.1) is 15.2 Å². The number of thiazole rings is 1. The molecule has 0 unspecified atom stereocenters. The first-order chi connectivity index (χ1) is 10.6. The van der Waals surface area contributed by atoms with Gasteiger partial charge in [0.15, 0.2) is 0 Å². The van der Waals surface area contributed by atoms with E-state index in [1.807, 2.05) is 18.2 Å². The average molecular weight is 333 g/mol. The van der Waals surface area contributed by atoms with E-state index in [0.717, 1.165) is 15.2 Å². The molecule has 1 amide bonds. The van der Waals surface area contributed by atoms with Crippen molar-refractivity contribution in [3.63, 3.8) is 0 Å². The van der Waals surface area contributed by atoms with E-state index < -0.39 is 0 Å². The number of hydrogen-bond acceptors (Lipinski definition) is 5. The first-order valence-electron chi connectivity index (χ1n) is 6.74. The van der Waals surface area contributed by atoms with Gasteiger partial charge in [-0.1, -0.05) is 11.6 Å². The van der Waals surface area contributed by atoms with E-state index in [4.69, 9.17) is 11.6 Å². The summed E-state index contributed by atoms with van der Waals surface area (Å²) in [7, 11) is 0. The smallest absolute Gasteiger partial charge is 0.270 e. The van der Waals surface area contributed by atoms with E-state index >= 15 is 0 Å². The van der Waals surface area contributed by atoms with Crippen LogP contribution in [0.5, 0.6) is 0 Å². The van der Waals surface area contributed by atoms with Crippen molar-refractivity contribution in [1.82, 2.24) is 20.3 Å². The Morgan fingerprint density at radius 3 is 3.00 bits per heavy atom. The lowest BCUT2D eigenvalue weighted by molar-refractivity contribution is 0.0948. The summed E-state index contributed by atoms with van der Waals surface area (Å²) in [6.45, 7) is 2.26. The van der Waals surface area contributed by atoms with Crippen molar-refractivity contribution in [2.24, 2.45) is 0 Å². The third-order valence-corrected chi connectivity index (χ3v) is 4.36. The summed E-state index contributed by atoms with van der Waals surface area (Å²) in [6, 6.07) is 7.26. The molecule has 0 saturated heterocycles. The first kappa shape index (κ1) is 14.9. The van der Waals surface area contributed by atoms with Gasteiger partial charge in [-0.15, -0.1) is 11.3 Å². The van der Waals surface area contributed by atoms with Crippen molar-refractivity contribution in [3.05, 3.63) is 52.0 Å². The van der Waals surface area contributed by atoms with Crippen LogP contribution in [0.2, 0.25) is 5.02 Å². The van der Waals surface area contributed by atoms with Gasteiger partial charge in [0, 0.05) is 24.2 Å². The van der Waals surface area contributed by atoms with Crippen LogP contribution in [0, 0.1) is 6.92 Å². The van der Waals surface area contributed by atoms with E-state index in [1.54, 1.807) is 30.5 Å². The molecule has 2 heterocycles. The molecule has 0 aliphatic rings. The number of hydrogen-bond donors (Lipinski definition) is 1. The fourth-order valence-corrected chi connectivity index (χ4v) is 3.12. The standard InChI is InChI=1S/C15H13ClN4OS/c1-9-17-6-4-11(19-9)15(21)18-7-5-14-20-12-8-10(16)2-3-13(12)22-14/h2-4,6,8H,5,7H2,1H3,(H,18,21). The Bertz CT molecular complexity index is 833. The van der Waals surface area contributed by atoms with Gasteiger partial charge in [-0.2, -0.15) is 0 Å². The van der Waals surface area contributed by atoms with Crippen molar-refractivity contribution in [1.29, 1.82) is 0 Å². The van der Waals surface area contributed by atoms with Gasteiger partial charge in [-0.3, -0.25) is 4.79 Å². The van der Waals surface area contributed by atoms with Gasteiger partial charge in [-0.05, 0) is 31.2 Å². The minimum Gasteiger partial charge on any atom is -0.350 e. The van der Waals surface area contributed by atoms with Crippen LogP contribution in [0.25, 0.3) is 10.2 Å². The van der Waals surface area contributed by atoms with Gasteiger partial charge in [0.1, 0.15) is 11.5 Å². The lowest BCUT2D eigenvalue weighted by atomic mass is 10.3. The molecule has 0 spiro atoms. The van der Waals surface area contributed by atoms with Gasteiger partial charge < -0.3 is 5.32 Å². The van der Waals surface area contributed by atoms with E-state index in [9.17, 15) is 4.79 Å². The topological polar surface area (TPSA) is 67.8 Å². The second kappa shape index (κ2) is 6.37. The number of carbonyl (C=O) groups is 1. The van der Waals surface area contributed by atoms with Crippen molar-refractivity contribution >= 4 is 39.1 Å². The summed E-state index contributed by atoms with van der Waals surface area (Å²) in [5.41, 5.74) is 1.27. The molecule has 1 aromatic carbocycles. The fourth-order valence-electron chi connectivity index (χ4n) is 2.01. The van der Waals surface area contributed by atoms with Crippen LogP contribution >= 0.6 is 22.9 Å². The predicted octanol–water partition coefficient (Wildman–Crippen LogP) is 3.02. The first-order valence-corrected chi connectivity index (χ1v) is 7.94. The van der Waals surface area contributed by atoms with Crippen LogP contribution in [0.4, 0.5) is 0 Å². The minimum absolute atomic E-state index is 0.199. The third-order valence-electron chi connectivity index (χ3n) is 3.03. The van der Waals surface area contributed by atoms with Crippen LogP contribution in [-0.4, -0.2) is 27.4 Å². The zero-order valence-electron chi connectivity index (χ0n) is 11.8. The molecule has 0 atom stereocenters. The Morgan fingerprint density at radius 2 is 2.18 bits per heavy atom. The summed E-state index contributed by atoms with van der Waals surface area (Å²) in [5.74, 6) is 0.380. The number of nitrogens with zero attached hydrogens (tertiary/aromatic N) is 3. The van der Waals surface area contributed by atoms with E-state index in [1.165, 1.54) is 0 Å². The van der Waals surface area contributed by atoms with E-state index in [0.29, 0.717) is 29.5 Å². The van der Waals surface area contributed by atoms with Gasteiger partial charge in [-0.25, -0.2) is 15.0 Å². The van der Waals surface area contributed by atoms with Crippen LogP contribution in [0.1, 0.15) is 21.3 Å². The highest BCUT2D eigenvalue weighted by atomic mass is 35.5. The molecular formula is C15H13ClN4OS. The minimum atomic E-state index is -0.199. The maximum absolute atomic E-state index is 12.0. The monoisotopic (exact) mass is 332 g/mol. The number of rotatable bonds is 4. The van der Waals surface area contributed by atoms with Crippen molar-refractivity contribution < 1.29 is 4.79 Å². The number of aromatic nitrogens is 3. The largest absolute Gasteiger partial charge is 0.350 e. The van der Waals surface area contributed by atoms with Crippen LogP contribution in [-0.2, 0) is 6.42 Å². The van der Waals surface area contributed by atoms with Crippen LogP contribution in [0.3, 0.4) is 0 Å². The maximum atomic E-state index is 12.0. The Labute approximate surface area is 136 Å². The Balaban J connectivity index is 1.61. The molecule has 2 aromatic heterocycles. The normalized spacial score (nSPS) is 10.8. The molecule has 22 heavy (non-hydrogen) atoms. The molecule has 7 heteroatoms. The lowest BCUT2D eigenvalue weighted by Crippen LogP contribution is -2.26. The molecule has 112 valence electrons. The summed E-state index contributed by atoms with van der Waals surface area (Å²) in [4.78, 5) is 24.5. The maximum Gasteiger partial charge on any atom is 0.270 e. The molecule has 0 fully saturated rings. The second-order valence-corrected chi connectivity index (χ2v) is 6.27. The van der Waals surface area contributed by atoms with Crippen LogP contribution < -0.4 is 5.32 Å². The molecule has 0 saturated carbocycles. The quantitative estimate of drug-likeness (QED) is 0.797. The molecule has 3 rings (SSSR count). The van der Waals surface area contributed by atoms with Gasteiger partial charge in [0.2, 0.25) is 0 Å². The molecule has 3 aromatic rings. The fraction of sp³-hybridized carbons (Fsp3) is 0.200. The number of nitrogens with one attached hydrogen (secondary N) is 1. The summed E-state index contributed by atoms with van der Waals surface area (Å²) >= 11 is 7.56. The van der Waals surface area contributed by atoms with Crippen molar-refractivity contribution in [2.45, 2.75) is 13.3 Å². The van der Waals surface area contributed by atoms with E-state index in [-0.39, 0.29) is 5.91 Å². The summed E-state index contributed by atoms with van der Waals surface area (Å²) in [5, 5.41) is 4.49. The Kier molecular flexibility index (Phi) is 4.31. The highest BCUT2D eigenvalue weighted by molar-refractivity contribution is 7.18. The number of benzene rings is 1. The average Bonchev–Trinajstić information content (AvgIpc) is 2.89. The number of aryl methyl sites for hydroxylation is 1. The van der Waals surface area contributed by atoms with Crippen molar-refractivity contribution in [2.75, 3.05) is 6.54 Å². The zero-order chi connectivity index (χ0) is 15.5. The van der Waals surface area contributed by atoms with Crippen molar-refractivity contribution in [3.8, 4) is 0 Å². The molecular weight excluding hydrogens is 320 g/mol. The zero-order valence-corrected chi connectivity index (χ0v) is 13.4. The number of carbonyl (C=O) groups excluding carboxylic acids is 1. The Morgan fingerprint density at radius 1 is 1.32 bits per heavy atom. The number of fused-ring (bicyclic) bond motifs is 1. The number of halogens is 1. The highest BCUT2D eigenvalue weighted by Crippen LogP contribution is 2.25. The molecule has 0 aliphatic carbocycles. The SMILES string of the molecule is Cc1nccc(C(=O)NCCc2nc3cc(Cl)ccc3s2)n1. The molecule has 5 nitrogen and oxygen atoms in total. The highest BCUT2D eigenvalue weighted by Gasteiger charge is 2.08. The second-order valence-electron chi connectivity index (χ2n) is 4.71. The Hall–Kier alpha value is -2.05. The molecule has 0 bridgehead atoms. The molecule has 1 N–H and O–H groups in total. The van der Waals surface area contributed by atoms with Gasteiger partial charge in [0.25, 0.3) is 5.91 Å². The van der Waals surface area contributed by atoms with Gasteiger partial charge >= 0.3 is 0 Å².